The molecule has 0 spiro atoms. The number of nitrogens with one attached hydrogen (secondary N) is 2. The fourth-order valence-electron chi connectivity index (χ4n) is 2.52. The van der Waals surface area contributed by atoms with E-state index in [0.717, 1.165) is 11.3 Å². The van der Waals surface area contributed by atoms with Gasteiger partial charge >= 0.3 is 0 Å². The normalized spacial score (nSPS) is 11.6. The second-order valence-corrected chi connectivity index (χ2v) is 8.83. The molecule has 1 heterocycles. The number of amides is 1. The number of nitro groups is 1. The maximum atomic E-state index is 12.4. The van der Waals surface area contributed by atoms with Crippen LogP contribution >= 0.6 is 11.3 Å². The number of rotatable bonds is 8. The molecule has 3 rings (SSSR count). The number of hydrogen-bond donors (Lipinski definition) is 2. The maximum Gasteiger partial charge on any atom is 0.276 e. The predicted octanol–water partition coefficient (Wildman–Crippen LogP) is 3.89. The number of nitrogens with zero attached hydrogens (tertiary/aromatic N) is 2. The molecule has 1 aromatic heterocycles. The molecule has 0 bridgehead atoms. The zero-order valence-corrected chi connectivity index (χ0v) is 17.5. The number of hydrogen-bond acceptors (Lipinski definition) is 7. The quantitative estimate of drug-likeness (QED) is 0.302. The van der Waals surface area contributed by atoms with Crippen LogP contribution in [0.4, 0.5) is 11.4 Å². The lowest BCUT2D eigenvalue weighted by Crippen LogP contribution is -2.21. The van der Waals surface area contributed by atoms with Crippen LogP contribution in [0.2, 0.25) is 0 Å². The Morgan fingerprint density at radius 2 is 1.81 bits per heavy atom. The SMILES string of the molecule is O=C(N/N=C\C=C/c1ccccc1[N+](=O)[O-])c1ccccc1NS(=O)(=O)c1cccs1. The maximum absolute atomic E-state index is 12.4. The molecule has 31 heavy (non-hydrogen) atoms. The summed E-state index contributed by atoms with van der Waals surface area (Å²) in [6.07, 6.45) is 4.18. The van der Waals surface area contributed by atoms with Gasteiger partial charge in [0.15, 0.2) is 0 Å². The van der Waals surface area contributed by atoms with Crippen LogP contribution in [0.1, 0.15) is 15.9 Å². The van der Waals surface area contributed by atoms with Gasteiger partial charge in [0, 0.05) is 12.3 Å². The minimum absolute atomic E-state index is 0.0527. The van der Waals surface area contributed by atoms with E-state index in [-0.39, 0.29) is 21.1 Å². The fraction of sp³-hybridized carbons (Fsp3) is 0. The Bertz CT molecular complexity index is 1250. The second-order valence-electron chi connectivity index (χ2n) is 5.98. The average molecular weight is 457 g/mol. The number of thiophene rings is 1. The molecule has 0 fully saturated rings. The molecule has 0 saturated heterocycles. The third kappa shape index (κ3) is 5.62. The molecule has 11 heteroatoms. The van der Waals surface area contributed by atoms with Crippen molar-refractivity contribution < 1.29 is 18.1 Å². The topological polar surface area (TPSA) is 131 Å². The molecule has 158 valence electrons. The van der Waals surface area contributed by atoms with Crippen LogP contribution in [0.5, 0.6) is 0 Å². The Hall–Kier alpha value is -3.83. The van der Waals surface area contributed by atoms with Gasteiger partial charge in [0.2, 0.25) is 0 Å². The summed E-state index contributed by atoms with van der Waals surface area (Å²) in [7, 11) is -3.81. The molecule has 2 N–H and O–H groups in total. The Morgan fingerprint density at radius 1 is 1.06 bits per heavy atom. The van der Waals surface area contributed by atoms with Crippen molar-refractivity contribution in [1.82, 2.24) is 5.43 Å². The lowest BCUT2D eigenvalue weighted by Gasteiger charge is -2.10. The van der Waals surface area contributed by atoms with Gasteiger partial charge in [-0.3, -0.25) is 19.6 Å². The third-order valence-electron chi connectivity index (χ3n) is 3.91. The smallest absolute Gasteiger partial charge is 0.276 e. The van der Waals surface area contributed by atoms with Gasteiger partial charge in [-0.25, -0.2) is 13.8 Å². The standard InChI is InChI=1S/C20H16N4O5S2/c25-20(22-21-13-5-8-15-7-1-4-11-18(15)24(26)27)16-9-2-3-10-17(16)23-31(28,29)19-12-6-14-30-19/h1-14,23H,(H,22,25)/b8-5-,21-13-. The van der Waals surface area contributed by atoms with Gasteiger partial charge in [0.1, 0.15) is 4.21 Å². The Kier molecular flexibility index (Phi) is 6.90. The zero-order valence-electron chi connectivity index (χ0n) is 15.8. The van der Waals surface area contributed by atoms with Gasteiger partial charge < -0.3 is 0 Å². The van der Waals surface area contributed by atoms with Crippen molar-refractivity contribution in [3.63, 3.8) is 0 Å². The van der Waals surface area contributed by atoms with Crippen LogP contribution in [0, 0.1) is 10.1 Å². The molecular formula is C20H16N4O5S2. The monoisotopic (exact) mass is 456 g/mol. The van der Waals surface area contributed by atoms with Gasteiger partial charge in [0.05, 0.1) is 21.7 Å². The minimum atomic E-state index is -3.81. The summed E-state index contributed by atoms with van der Waals surface area (Å²) in [6, 6.07) is 15.4. The highest BCUT2D eigenvalue weighted by Gasteiger charge is 2.19. The molecule has 0 atom stereocenters. The molecule has 1 amide bonds. The van der Waals surface area contributed by atoms with Crippen LogP contribution in [-0.2, 0) is 10.0 Å². The first kappa shape index (κ1) is 21.9. The second kappa shape index (κ2) is 9.78. The van der Waals surface area contributed by atoms with Crippen molar-refractivity contribution in [2.45, 2.75) is 4.21 Å². The van der Waals surface area contributed by atoms with Gasteiger partial charge in [-0.15, -0.1) is 11.3 Å². The summed E-state index contributed by atoms with van der Waals surface area (Å²) in [5, 5.41) is 16.4. The van der Waals surface area contributed by atoms with E-state index in [1.807, 2.05) is 0 Å². The lowest BCUT2D eigenvalue weighted by atomic mass is 10.1. The number of benzene rings is 2. The number of sulfonamides is 1. The highest BCUT2D eigenvalue weighted by Crippen LogP contribution is 2.23. The molecule has 0 unspecified atom stereocenters. The highest BCUT2D eigenvalue weighted by atomic mass is 32.2. The van der Waals surface area contributed by atoms with E-state index < -0.39 is 20.9 Å². The van der Waals surface area contributed by atoms with Gasteiger partial charge in [-0.1, -0.05) is 30.3 Å². The van der Waals surface area contributed by atoms with Crippen LogP contribution in [0.15, 0.2) is 81.4 Å². The van der Waals surface area contributed by atoms with Crippen molar-refractivity contribution in [2.24, 2.45) is 5.10 Å². The summed E-state index contributed by atoms with van der Waals surface area (Å²) in [5.41, 5.74) is 2.83. The number of hydrazone groups is 1. The van der Waals surface area contributed by atoms with E-state index >= 15 is 0 Å². The van der Waals surface area contributed by atoms with E-state index in [1.54, 1.807) is 41.8 Å². The van der Waals surface area contributed by atoms with Crippen molar-refractivity contribution in [3.05, 3.63) is 93.4 Å². The molecule has 2 aromatic carbocycles. The van der Waals surface area contributed by atoms with Crippen LogP contribution < -0.4 is 10.1 Å². The van der Waals surface area contributed by atoms with Crippen LogP contribution in [0.25, 0.3) is 6.08 Å². The molecule has 0 radical (unpaired) electrons. The number of carbonyl (C=O) groups is 1. The summed E-state index contributed by atoms with van der Waals surface area (Å²) < 4.78 is 27.4. The van der Waals surface area contributed by atoms with Gasteiger partial charge in [-0.2, -0.15) is 5.10 Å². The first-order chi connectivity index (χ1) is 14.9. The summed E-state index contributed by atoms with van der Waals surface area (Å²) in [6.45, 7) is 0. The fourth-order valence-corrected chi connectivity index (χ4v) is 4.59. The Labute approximate surface area is 181 Å². The molecular weight excluding hydrogens is 440 g/mol. The van der Waals surface area contributed by atoms with Gasteiger partial charge in [0.25, 0.3) is 21.6 Å². The minimum Gasteiger partial charge on any atom is -0.278 e. The number of nitro benzene ring substituents is 1. The lowest BCUT2D eigenvalue weighted by molar-refractivity contribution is -0.385. The summed E-state index contributed by atoms with van der Waals surface area (Å²) in [4.78, 5) is 22.9. The van der Waals surface area contributed by atoms with E-state index in [2.05, 4.69) is 15.2 Å². The Morgan fingerprint density at radius 3 is 2.55 bits per heavy atom. The first-order valence-corrected chi connectivity index (χ1v) is 11.1. The van der Waals surface area contributed by atoms with Crippen molar-refractivity contribution in [1.29, 1.82) is 0 Å². The van der Waals surface area contributed by atoms with E-state index in [1.165, 1.54) is 42.6 Å². The summed E-state index contributed by atoms with van der Waals surface area (Å²) >= 11 is 1.06. The molecule has 0 aliphatic carbocycles. The average Bonchev–Trinajstić information content (AvgIpc) is 3.30. The van der Waals surface area contributed by atoms with Gasteiger partial charge in [-0.05, 0) is 41.8 Å². The molecule has 0 saturated carbocycles. The zero-order chi connectivity index (χ0) is 22.3. The summed E-state index contributed by atoms with van der Waals surface area (Å²) in [5.74, 6) is -0.625. The van der Waals surface area contributed by atoms with E-state index in [9.17, 15) is 23.3 Å². The Balaban J connectivity index is 1.69. The number of allylic oxidation sites excluding steroid dienone is 1. The van der Waals surface area contributed by atoms with Crippen molar-refractivity contribution in [3.8, 4) is 0 Å². The van der Waals surface area contributed by atoms with E-state index in [0.29, 0.717) is 5.56 Å². The van der Waals surface area contributed by atoms with Crippen molar-refractivity contribution in [2.75, 3.05) is 4.72 Å². The van der Waals surface area contributed by atoms with Crippen LogP contribution in [0.3, 0.4) is 0 Å². The number of anilines is 1. The first-order valence-electron chi connectivity index (χ1n) is 8.77. The molecule has 0 aliphatic rings. The number of para-hydroxylation sites is 2. The highest BCUT2D eigenvalue weighted by molar-refractivity contribution is 7.94. The third-order valence-corrected chi connectivity index (χ3v) is 6.67. The molecule has 0 aliphatic heterocycles. The van der Waals surface area contributed by atoms with Crippen LogP contribution in [-0.4, -0.2) is 25.5 Å². The number of carbonyl (C=O) groups excluding carboxylic acids is 1. The largest absolute Gasteiger partial charge is 0.278 e. The molecule has 9 nitrogen and oxygen atoms in total. The van der Waals surface area contributed by atoms with E-state index in [4.69, 9.17) is 0 Å². The van der Waals surface area contributed by atoms with Crippen molar-refractivity contribution >= 4 is 50.9 Å². The molecule has 3 aromatic rings. The predicted molar refractivity (Wildman–Crippen MR) is 120 cm³/mol.